The van der Waals surface area contributed by atoms with Gasteiger partial charge in [0.1, 0.15) is 0 Å². The summed E-state index contributed by atoms with van der Waals surface area (Å²) in [7, 11) is 0. The van der Waals surface area contributed by atoms with Crippen molar-refractivity contribution in [2.75, 3.05) is 45.9 Å². The molecule has 1 fully saturated rings. The molecule has 0 aromatic rings. The van der Waals surface area contributed by atoms with Crippen molar-refractivity contribution in [3.63, 3.8) is 0 Å². The molecule has 1 atom stereocenters. The number of hydrogen-bond acceptors (Lipinski definition) is 3. The lowest BCUT2D eigenvalue weighted by Crippen LogP contribution is -2.42. The molecule has 1 saturated heterocycles. The molecule has 1 rings (SSSR count). The van der Waals surface area contributed by atoms with E-state index in [1.807, 2.05) is 6.92 Å². The number of ether oxygens (including phenoxy) is 1. The largest absolute Gasteiger partial charge is 0.380 e. The Labute approximate surface area is 130 Å². The lowest BCUT2D eigenvalue weighted by molar-refractivity contribution is 0.143. The number of likely N-dealkylation sites (tertiary alicyclic amines) is 1. The fraction of sp³-hybridized carbons (Fsp3) is 0.938. The van der Waals surface area contributed by atoms with Gasteiger partial charge in [-0.3, -0.25) is 4.99 Å². The molecule has 1 aliphatic rings. The van der Waals surface area contributed by atoms with Gasteiger partial charge in [-0.05, 0) is 53.0 Å². The molecule has 1 aliphatic heterocycles. The van der Waals surface area contributed by atoms with Crippen molar-refractivity contribution in [1.29, 1.82) is 0 Å². The van der Waals surface area contributed by atoms with Gasteiger partial charge >= 0.3 is 0 Å². The first-order valence-corrected chi connectivity index (χ1v) is 8.51. The summed E-state index contributed by atoms with van der Waals surface area (Å²) >= 11 is 0. The lowest BCUT2D eigenvalue weighted by atomic mass is 9.97. The Morgan fingerprint density at radius 2 is 2.14 bits per heavy atom. The summed E-state index contributed by atoms with van der Waals surface area (Å²) in [5.74, 6) is 1.60. The van der Waals surface area contributed by atoms with Crippen molar-refractivity contribution in [3.8, 4) is 0 Å². The van der Waals surface area contributed by atoms with Crippen molar-refractivity contribution >= 4 is 5.96 Å². The third-order valence-electron chi connectivity index (χ3n) is 3.88. The highest BCUT2D eigenvalue weighted by atomic mass is 16.5. The molecule has 0 aliphatic carbocycles. The van der Waals surface area contributed by atoms with Crippen LogP contribution in [0.3, 0.4) is 0 Å². The standard InChI is InChI=1S/C16H34N4O/c1-5-17-16(18-9-11-21-6-2)19-12-15-8-7-10-20(13-15)14(3)4/h14-15H,5-13H2,1-4H3,(H2,17,18,19). The maximum Gasteiger partial charge on any atom is 0.191 e. The molecule has 5 heteroatoms. The summed E-state index contributed by atoms with van der Waals surface area (Å²) < 4.78 is 5.34. The Hall–Kier alpha value is -0.810. The Morgan fingerprint density at radius 1 is 1.33 bits per heavy atom. The highest BCUT2D eigenvalue weighted by Gasteiger charge is 2.21. The molecular formula is C16H34N4O. The fourth-order valence-electron chi connectivity index (χ4n) is 2.66. The molecule has 5 nitrogen and oxygen atoms in total. The quantitative estimate of drug-likeness (QED) is 0.407. The molecule has 0 aromatic heterocycles. The van der Waals surface area contributed by atoms with Gasteiger partial charge in [0.2, 0.25) is 0 Å². The number of piperidine rings is 1. The van der Waals surface area contributed by atoms with E-state index in [0.717, 1.165) is 38.8 Å². The number of nitrogens with zero attached hydrogens (tertiary/aromatic N) is 2. The normalized spacial score (nSPS) is 20.8. The molecule has 1 unspecified atom stereocenters. The average molecular weight is 298 g/mol. The predicted molar refractivity (Wildman–Crippen MR) is 89.9 cm³/mol. The topological polar surface area (TPSA) is 48.9 Å². The van der Waals surface area contributed by atoms with Crippen LogP contribution in [-0.4, -0.2) is 62.8 Å². The maximum absolute atomic E-state index is 5.34. The highest BCUT2D eigenvalue weighted by molar-refractivity contribution is 5.79. The van der Waals surface area contributed by atoms with Crippen LogP contribution in [0.2, 0.25) is 0 Å². The lowest BCUT2D eigenvalue weighted by Gasteiger charge is -2.34. The minimum Gasteiger partial charge on any atom is -0.380 e. The van der Waals surface area contributed by atoms with Crippen molar-refractivity contribution in [1.82, 2.24) is 15.5 Å². The van der Waals surface area contributed by atoms with Crippen molar-refractivity contribution in [3.05, 3.63) is 0 Å². The van der Waals surface area contributed by atoms with Crippen LogP contribution in [0.5, 0.6) is 0 Å². The van der Waals surface area contributed by atoms with E-state index in [2.05, 4.69) is 36.3 Å². The van der Waals surface area contributed by atoms with Gasteiger partial charge in [-0.1, -0.05) is 0 Å². The minimum atomic E-state index is 0.648. The molecule has 0 amide bonds. The zero-order valence-corrected chi connectivity index (χ0v) is 14.3. The number of nitrogens with one attached hydrogen (secondary N) is 2. The summed E-state index contributed by atoms with van der Waals surface area (Å²) in [6, 6.07) is 0.648. The molecule has 0 radical (unpaired) electrons. The first kappa shape index (κ1) is 18.2. The van der Waals surface area contributed by atoms with E-state index in [4.69, 9.17) is 9.73 Å². The second kappa shape index (κ2) is 10.9. The average Bonchev–Trinajstić information content (AvgIpc) is 2.49. The Morgan fingerprint density at radius 3 is 2.81 bits per heavy atom. The zero-order valence-electron chi connectivity index (χ0n) is 14.3. The van der Waals surface area contributed by atoms with Crippen LogP contribution < -0.4 is 10.6 Å². The molecule has 0 saturated carbocycles. The van der Waals surface area contributed by atoms with Gasteiger partial charge in [0.15, 0.2) is 5.96 Å². The van der Waals surface area contributed by atoms with Gasteiger partial charge in [-0.25, -0.2) is 0 Å². The Balaban J connectivity index is 2.37. The van der Waals surface area contributed by atoms with Gasteiger partial charge in [-0.15, -0.1) is 0 Å². The molecule has 1 heterocycles. The van der Waals surface area contributed by atoms with E-state index < -0.39 is 0 Å². The van der Waals surface area contributed by atoms with Gasteiger partial charge in [0, 0.05) is 38.8 Å². The smallest absolute Gasteiger partial charge is 0.191 e. The number of aliphatic imine (C=N–C) groups is 1. The van der Waals surface area contributed by atoms with Crippen molar-refractivity contribution in [2.24, 2.45) is 10.9 Å². The third-order valence-corrected chi connectivity index (χ3v) is 3.88. The van der Waals surface area contributed by atoms with Crippen LogP contribution in [-0.2, 0) is 4.74 Å². The maximum atomic E-state index is 5.34. The van der Waals surface area contributed by atoms with Gasteiger partial charge in [-0.2, -0.15) is 0 Å². The predicted octanol–water partition coefficient (Wildman–Crippen LogP) is 1.70. The minimum absolute atomic E-state index is 0.648. The van der Waals surface area contributed by atoms with Crippen LogP contribution in [0.4, 0.5) is 0 Å². The molecule has 21 heavy (non-hydrogen) atoms. The second-order valence-electron chi connectivity index (χ2n) is 5.94. The summed E-state index contributed by atoms with van der Waals surface area (Å²) in [5.41, 5.74) is 0. The van der Waals surface area contributed by atoms with E-state index >= 15 is 0 Å². The fourth-order valence-corrected chi connectivity index (χ4v) is 2.66. The van der Waals surface area contributed by atoms with Crippen LogP contribution in [0.1, 0.15) is 40.5 Å². The van der Waals surface area contributed by atoms with Gasteiger partial charge in [0.05, 0.1) is 6.61 Å². The summed E-state index contributed by atoms with van der Waals surface area (Å²) in [4.78, 5) is 7.31. The van der Waals surface area contributed by atoms with Crippen LogP contribution in [0.15, 0.2) is 4.99 Å². The van der Waals surface area contributed by atoms with Crippen LogP contribution >= 0.6 is 0 Å². The van der Waals surface area contributed by atoms with E-state index in [1.165, 1.54) is 25.9 Å². The van der Waals surface area contributed by atoms with Gasteiger partial charge in [0.25, 0.3) is 0 Å². The zero-order chi connectivity index (χ0) is 15.5. The Bertz CT molecular complexity index is 294. The number of rotatable bonds is 8. The molecule has 124 valence electrons. The second-order valence-corrected chi connectivity index (χ2v) is 5.94. The van der Waals surface area contributed by atoms with Crippen molar-refractivity contribution in [2.45, 2.75) is 46.6 Å². The monoisotopic (exact) mass is 298 g/mol. The van der Waals surface area contributed by atoms with E-state index in [1.54, 1.807) is 0 Å². The highest BCUT2D eigenvalue weighted by Crippen LogP contribution is 2.18. The van der Waals surface area contributed by atoms with Gasteiger partial charge < -0.3 is 20.3 Å². The first-order chi connectivity index (χ1) is 10.2. The SMILES string of the molecule is CCNC(=NCC1CCCN(C(C)C)C1)NCCOCC. The molecule has 0 bridgehead atoms. The summed E-state index contributed by atoms with van der Waals surface area (Å²) in [6.07, 6.45) is 2.59. The van der Waals surface area contributed by atoms with E-state index in [9.17, 15) is 0 Å². The third kappa shape index (κ3) is 7.67. The van der Waals surface area contributed by atoms with Crippen LogP contribution in [0, 0.1) is 5.92 Å². The van der Waals surface area contributed by atoms with Crippen molar-refractivity contribution < 1.29 is 4.74 Å². The first-order valence-electron chi connectivity index (χ1n) is 8.51. The van der Waals surface area contributed by atoms with E-state index in [-0.39, 0.29) is 0 Å². The summed E-state index contributed by atoms with van der Waals surface area (Å²) in [6.45, 7) is 15.2. The van der Waals surface area contributed by atoms with Crippen LogP contribution in [0.25, 0.3) is 0 Å². The molecule has 2 N–H and O–H groups in total. The molecular weight excluding hydrogens is 264 g/mol. The Kier molecular flexibility index (Phi) is 9.42. The number of hydrogen-bond donors (Lipinski definition) is 2. The molecule has 0 aromatic carbocycles. The summed E-state index contributed by atoms with van der Waals surface area (Å²) in [5, 5.41) is 6.63. The van der Waals surface area contributed by atoms with E-state index in [0.29, 0.717) is 12.0 Å². The number of guanidine groups is 1. The molecule has 0 spiro atoms.